The third kappa shape index (κ3) is 4.98. The molecule has 0 aliphatic carbocycles. The van der Waals surface area contributed by atoms with E-state index in [9.17, 15) is 9.59 Å². The molecule has 0 radical (unpaired) electrons. The molecule has 0 saturated carbocycles. The van der Waals surface area contributed by atoms with Crippen molar-refractivity contribution in [2.45, 2.75) is 38.8 Å². The van der Waals surface area contributed by atoms with Crippen LogP contribution in [0.5, 0.6) is 5.75 Å². The summed E-state index contributed by atoms with van der Waals surface area (Å²) in [6, 6.07) is 16.6. The maximum atomic E-state index is 13.8. The third-order valence-corrected chi connectivity index (χ3v) is 7.73. The zero-order valence-corrected chi connectivity index (χ0v) is 21.2. The molecule has 1 aromatic heterocycles. The van der Waals surface area contributed by atoms with Crippen LogP contribution in [0.25, 0.3) is 0 Å². The normalized spacial score (nSPS) is 16.0. The summed E-state index contributed by atoms with van der Waals surface area (Å²) in [6.45, 7) is 4.64. The van der Waals surface area contributed by atoms with Gasteiger partial charge in [0, 0.05) is 28.0 Å². The first kappa shape index (κ1) is 24.3. The summed E-state index contributed by atoms with van der Waals surface area (Å²) >= 11 is 7.86. The van der Waals surface area contributed by atoms with Crippen LogP contribution in [0.4, 0.5) is 0 Å². The molecule has 2 unspecified atom stereocenters. The maximum absolute atomic E-state index is 13.8. The average molecular weight is 497 g/mol. The molecule has 178 valence electrons. The average Bonchev–Trinajstić information content (AvgIpc) is 3.35. The molecule has 0 spiro atoms. The van der Waals surface area contributed by atoms with Crippen molar-refractivity contribution in [3.63, 3.8) is 0 Å². The van der Waals surface area contributed by atoms with E-state index in [1.165, 1.54) is 4.88 Å². The lowest BCUT2D eigenvalue weighted by atomic mass is 9.93. The topological polar surface area (TPSA) is 49.9 Å². The van der Waals surface area contributed by atoms with Crippen molar-refractivity contribution in [2.75, 3.05) is 20.2 Å². The lowest BCUT2D eigenvalue weighted by molar-refractivity contribution is -0.134. The Labute approximate surface area is 209 Å². The highest BCUT2D eigenvalue weighted by Crippen LogP contribution is 2.38. The fourth-order valence-corrected chi connectivity index (χ4v) is 5.43. The fraction of sp³-hybridized carbons (Fsp3) is 0.333. The predicted octanol–water partition coefficient (Wildman–Crippen LogP) is 5.83. The molecule has 1 aliphatic heterocycles. The number of rotatable bonds is 7. The fourth-order valence-electron chi connectivity index (χ4n) is 4.40. The second-order valence-corrected chi connectivity index (χ2v) is 9.95. The molecular weight excluding hydrogens is 468 g/mol. The van der Waals surface area contributed by atoms with Gasteiger partial charge < -0.3 is 14.5 Å². The first-order valence-electron chi connectivity index (χ1n) is 11.5. The molecule has 2 heterocycles. The number of methoxy groups -OCH3 is 1. The highest BCUT2D eigenvalue weighted by molar-refractivity contribution is 7.10. The number of hydrogen-bond acceptors (Lipinski definition) is 4. The van der Waals surface area contributed by atoms with Gasteiger partial charge in [0.1, 0.15) is 12.3 Å². The van der Waals surface area contributed by atoms with Gasteiger partial charge in [-0.2, -0.15) is 0 Å². The summed E-state index contributed by atoms with van der Waals surface area (Å²) in [4.78, 5) is 32.1. The number of fused-ring (bicyclic) bond motifs is 1. The molecule has 34 heavy (non-hydrogen) atoms. The van der Waals surface area contributed by atoms with E-state index in [1.807, 2.05) is 43.0 Å². The number of carbonyl (C=O) groups is 2. The Hall–Kier alpha value is -2.83. The molecule has 2 atom stereocenters. The van der Waals surface area contributed by atoms with Crippen LogP contribution in [-0.4, -0.2) is 47.9 Å². The van der Waals surface area contributed by atoms with Crippen molar-refractivity contribution in [2.24, 2.45) is 0 Å². The van der Waals surface area contributed by atoms with E-state index in [1.54, 1.807) is 47.6 Å². The SMILES string of the molecule is CCC(C)N(CC(=O)N1CCc2sccc2C1c1ccc(Cl)cc1)C(=O)c1cccc(OC)c1. The molecule has 0 bridgehead atoms. The molecule has 5 nitrogen and oxygen atoms in total. The van der Waals surface area contributed by atoms with E-state index in [0.29, 0.717) is 22.9 Å². The number of hydrogen-bond donors (Lipinski definition) is 0. The second-order valence-electron chi connectivity index (χ2n) is 8.51. The lowest BCUT2D eigenvalue weighted by Gasteiger charge is -2.38. The molecule has 1 aliphatic rings. The van der Waals surface area contributed by atoms with E-state index in [4.69, 9.17) is 16.3 Å². The van der Waals surface area contributed by atoms with Crippen molar-refractivity contribution in [1.82, 2.24) is 9.80 Å². The first-order chi connectivity index (χ1) is 16.4. The number of ether oxygens (including phenoxy) is 1. The van der Waals surface area contributed by atoms with E-state index < -0.39 is 0 Å². The Kier molecular flexibility index (Phi) is 7.59. The zero-order chi connectivity index (χ0) is 24.2. The highest BCUT2D eigenvalue weighted by atomic mass is 35.5. The summed E-state index contributed by atoms with van der Waals surface area (Å²) in [5.74, 6) is 0.385. The Bertz CT molecular complexity index is 1160. The van der Waals surface area contributed by atoms with Crippen LogP contribution in [0.3, 0.4) is 0 Å². The van der Waals surface area contributed by atoms with Crippen LogP contribution in [0.15, 0.2) is 60.0 Å². The van der Waals surface area contributed by atoms with Gasteiger partial charge in [-0.3, -0.25) is 9.59 Å². The maximum Gasteiger partial charge on any atom is 0.254 e. The van der Waals surface area contributed by atoms with Crippen LogP contribution in [0, 0.1) is 0 Å². The minimum atomic E-state index is -0.189. The number of nitrogens with zero attached hydrogens (tertiary/aromatic N) is 2. The van der Waals surface area contributed by atoms with Crippen molar-refractivity contribution in [3.8, 4) is 5.75 Å². The van der Waals surface area contributed by atoms with Crippen molar-refractivity contribution in [1.29, 1.82) is 0 Å². The van der Waals surface area contributed by atoms with Gasteiger partial charge in [-0.1, -0.05) is 36.7 Å². The minimum Gasteiger partial charge on any atom is -0.497 e. The van der Waals surface area contributed by atoms with E-state index in [-0.39, 0.29) is 30.4 Å². The van der Waals surface area contributed by atoms with Crippen molar-refractivity contribution in [3.05, 3.63) is 86.6 Å². The van der Waals surface area contributed by atoms with E-state index in [0.717, 1.165) is 24.0 Å². The summed E-state index contributed by atoms with van der Waals surface area (Å²) in [5.41, 5.74) is 2.69. The summed E-state index contributed by atoms with van der Waals surface area (Å²) in [7, 11) is 1.57. The molecule has 0 saturated heterocycles. The number of thiophene rings is 1. The zero-order valence-electron chi connectivity index (χ0n) is 19.7. The molecule has 2 amide bonds. The molecule has 7 heteroatoms. The summed E-state index contributed by atoms with van der Waals surface area (Å²) < 4.78 is 5.29. The molecular formula is C27H29ClN2O3S. The summed E-state index contributed by atoms with van der Waals surface area (Å²) in [5, 5.41) is 2.74. The monoisotopic (exact) mass is 496 g/mol. The van der Waals surface area contributed by atoms with Crippen molar-refractivity contribution < 1.29 is 14.3 Å². The van der Waals surface area contributed by atoms with Gasteiger partial charge in [-0.25, -0.2) is 0 Å². The second kappa shape index (κ2) is 10.6. The van der Waals surface area contributed by atoms with Crippen LogP contribution < -0.4 is 4.74 Å². The van der Waals surface area contributed by atoms with Crippen LogP contribution in [0.1, 0.15) is 52.7 Å². The Morgan fingerprint density at radius 3 is 2.68 bits per heavy atom. The number of amides is 2. The number of carbonyl (C=O) groups excluding carboxylic acids is 2. The van der Waals surface area contributed by atoms with Gasteiger partial charge >= 0.3 is 0 Å². The van der Waals surface area contributed by atoms with E-state index in [2.05, 4.69) is 11.4 Å². The number of halogens is 1. The highest BCUT2D eigenvalue weighted by Gasteiger charge is 2.34. The smallest absolute Gasteiger partial charge is 0.254 e. The molecule has 4 rings (SSSR count). The molecule has 2 aromatic carbocycles. The van der Waals surface area contributed by atoms with Gasteiger partial charge in [0.05, 0.1) is 13.2 Å². The standard InChI is InChI=1S/C27H29ClN2O3S/c1-4-18(2)30(27(32)20-6-5-7-22(16-20)33-3)17-25(31)29-14-12-24-23(13-15-34-24)26(29)19-8-10-21(28)11-9-19/h5-11,13,15-16,18,26H,4,12,14,17H2,1-3H3. The molecule has 3 aromatic rings. The van der Waals surface area contributed by atoms with Crippen molar-refractivity contribution >= 4 is 34.8 Å². The van der Waals surface area contributed by atoms with Gasteiger partial charge in [-0.05, 0) is 72.7 Å². The minimum absolute atomic E-state index is 0.0224. The van der Waals surface area contributed by atoms with Gasteiger partial charge in [-0.15, -0.1) is 11.3 Å². The van der Waals surface area contributed by atoms with Crippen LogP contribution >= 0.6 is 22.9 Å². The van der Waals surface area contributed by atoms with Gasteiger partial charge in [0.2, 0.25) is 5.91 Å². The van der Waals surface area contributed by atoms with Gasteiger partial charge in [0.25, 0.3) is 5.91 Å². The van der Waals surface area contributed by atoms with Crippen LogP contribution in [0.2, 0.25) is 5.02 Å². The Morgan fingerprint density at radius 1 is 1.21 bits per heavy atom. The largest absolute Gasteiger partial charge is 0.497 e. The Morgan fingerprint density at radius 2 is 1.97 bits per heavy atom. The third-order valence-electron chi connectivity index (χ3n) is 6.48. The van der Waals surface area contributed by atoms with E-state index >= 15 is 0 Å². The molecule has 0 N–H and O–H groups in total. The van der Waals surface area contributed by atoms with Crippen LogP contribution in [-0.2, 0) is 11.2 Å². The van der Waals surface area contributed by atoms with Gasteiger partial charge in [0.15, 0.2) is 0 Å². The number of benzene rings is 2. The Balaban J connectivity index is 1.63. The lowest BCUT2D eigenvalue weighted by Crippen LogP contribution is -2.49. The first-order valence-corrected chi connectivity index (χ1v) is 12.7. The quantitative estimate of drug-likeness (QED) is 0.414. The summed E-state index contributed by atoms with van der Waals surface area (Å²) in [6.07, 6.45) is 1.56. The molecule has 0 fully saturated rings. The predicted molar refractivity (Wildman–Crippen MR) is 137 cm³/mol.